The van der Waals surface area contributed by atoms with Gasteiger partial charge in [-0.15, -0.1) is 0 Å². The number of benzene rings is 2. The van der Waals surface area contributed by atoms with E-state index < -0.39 is 0 Å². The Morgan fingerprint density at radius 1 is 0.808 bits per heavy atom. The zero-order valence-corrected chi connectivity index (χ0v) is 14.3. The highest BCUT2D eigenvalue weighted by Crippen LogP contribution is 2.28. The predicted octanol–water partition coefficient (Wildman–Crippen LogP) is 4.25. The quantitative estimate of drug-likeness (QED) is 0.548. The maximum atomic E-state index is 4.85. The molecule has 0 amide bonds. The van der Waals surface area contributed by atoms with E-state index in [1.54, 1.807) is 0 Å². The van der Waals surface area contributed by atoms with Gasteiger partial charge in [0, 0.05) is 36.4 Å². The van der Waals surface area contributed by atoms with Gasteiger partial charge in [-0.3, -0.25) is 4.98 Å². The van der Waals surface area contributed by atoms with Crippen molar-refractivity contribution in [3.8, 4) is 11.3 Å². The van der Waals surface area contributed by atoms with Gasteiger partial charge in [-0.1, -0.05) is 42.5 Å². The fourth-order valence-electron chi connectivity index (χ4n) is 3.61. The van der Waals surface area contributed by atoms with Crippen LogP contribution >= 0.6 is 0 Å². The lowest BCUT2D eigenvalue weighted by molar-refractivity contribution is 0.710. The average molecular weight is 338 g/mol. The summed E-state index contributed by atoms with van der Waals surface area (Å²) in [4.78, 5) is 16.3. The minimum absolute atomic E-state index is 0.796. The van der Waals surface area contributed by atoms with Crippen LogP contribution in [0.1, 0.15) is 11.1 Å². The Bertz CT molecular complexity index is 1080. The van der Waals surface area contributed by atoms with E-state index >= 15 is 0 Å². The summed E-state index contributed by atoms with van der Waals surface area (Å²) in [5.41, 5.74) is 5.77. The van der Waals surface area contributed by atoms with Gasteiger partial charge in [-0.25, -0.2) is 9.97 Å². The van der Waals surface area contributed by atoms with Crippen molar-refractivity contribution in [1.29, 1.82) is 0 Å². The van der Waals surface area contributed by atoms with Gasteiger partial charge in [-0.05, 0) is 35.7 Å². The zero-order valence-electron chi connectivity index (χ0n) is 14.3. The molecule has 0 radical (unpaired) electrons. The summed E-state index contributed by atoms with van der Waals surface area (Å²) in [7, 11) is 0. The summed E-state index contributed by atoms with van der Waals surface area (Å²) in [5, 5.41) is 1.03. The van der Waals surface area contributed by atoms with Crippen molar-refractivity contribution in [1.82, 2.24) is 15.0 Å². The van der Waals surface area contributed by atoms with E-state index in [1.807, 2.05) is 42.7 Å². The first-order valence-corrected chi connectivity index (χ1v) is 8.87. The molecule has 1 aliphatic heterocycles. The number of nitrogens with zero attached hydrogens (tertiary/aromatic N) is 4. The Balaban J connectivity index is 1.54. The van der Waals surface area contributed by atoms with E-state index in [-0.39, 0.29) is 0 Å². The summed E-state index contributed by atoms with van der Waals surface area (Å²) in [6, 6.07) is 20.7. The largest absolute Gasteiger partial charge is 0.336 e. The highest BCUT2D eigenvalue weighted by molar-refractivity contribution is 5.93. The van der Waals surface area contributed by atoms with Crippen molar-refractivity contribution in [3.05, 3.63) is 84.2 Å². The number of hydrogen-bond acceptors (Lipinski definition) is 4. The lowest BCUT2D eigenvalue weighted by Crippen LogP contribution is -2.31. The summed E-state index contributed by atoms with van der Waals surface area (Å²) in [5.74, 6) is 0.796. The summed E-state index contributed by atoms with van der Waals surface area (Å²) >= 11 is 0. The molecule has 1 aliphatic rings. The molecule has 0 fully saturated rings. The predicted molar refractivity (Wildman–Crippen MR) is 104 cm³/mol. The minimum atomic E-state index is 0.796. The maximum Gasteiger partial charge on any atom is 0.226 e. The van der Waals surface area contributed by atoms with Crippen molar-refractivity contribution in [3.63, 3.8) is 0 Å². The van der Waals surface area contributed by atoms with Crippen molar-refractivity contribution < 1.29 is 0 Å². The van der Waals surface area contributed by atoms with E-state index in [9.17, 15) is 0 Å². The Kier molecular flexibility index (Phi) is 3.60. The number of rotatable bonds is 2. The Labute approximate surface area is 152 Å². The van der Waals surface area contributed by atoms with Gasteiger partial charge < -0.3 is 4.90 Å². The van der Waals surface area contributed by atoms with Crippen LogP contribution in [0.3, 0.4) is 0 Å². The molecule has 5 rings (SSSR count). The molecule has 4 aromatic rings. The second-order valence-electron chi connectivity index (χ2n) is 6.56. The number of fused-ring (bicyclic) bond motifs is 2. The summed E-state index contributed by atoms with van der Waals surface area (Å²) < 4.78 is 0. The highest BCUT2D eigenvalue weighted by atomic mass is 15.2. The zero-order chi connectivity index (χ0) is 17.3. The molecule has 0 spiro atoms. The molecule has 26 heavy (non-hydrogen) atoms. The van der Waals surface area contributed by atoms with Crippen molar-refractivity contribution in [2.75, 3.05) is 11.4 Å². The van der Waals surface area contributed by atoms with Crippen LogP contribution in [0.2, 0.25) is 0 Å². The second-order valence-corrected chi connectivity index (χ2v) is 6.56. The minimum Gasteiger partial charge on any atom is -0.336 e. The molecule has 4 heteroatoms. The van der Waals surface area contributed by atoms with Crippen LogP contribution in [0.4, 0.5) is 5.95 Å². The summed E-state index contributed by atoms with van der Waals surface area (Å²) in [6.45, 7) is 1.81. The van der Waals surface area contributed by atoms with E-state index in [0.29, 0.717) is 0 Å². The molecule has 0 bridgehead atoms. The molecule has 126 valence electrons. The molecule has 0 unspecified atom stereocenters. The monoisotopic (exact) mass is 338 g/mol. The molecule has 3 heterocycles. The first-order valence-electron chi connectivity index (χ1n) is 8.87. The van der Waals surface area contributed by atoms with E-state index in [0.717, 1.165) is 47.6 Å². The highest BCUT2D eigenvalue weighted by Gasteiger charge is 2.18. The number of aromatic nitrogens is 3. The van der Waals surface area contributed by atoms with E-state index in [1.165, 1.54) is 11.1 Å². The SMILES string of the molecule is c1ccc(-c2cccc3nc(N4CCc5ccccc5C4)ncc23)nc1. The van der Waals surface area contributed by atoms with Crippen molar-refractivity contribution >= 4 is 16.9 Å². The van der Waals surface area contributed by atoms with Crippen LogP contribution in [0.15, 0.2) is 73.1 Å². The van der Waals surface area contributed by atoms with Crippen LogP contribution in [0.5, 0.6) is 0 Å². The topological polar surface area (TPSA) is 41.9 Å². The van der Waals surface area contributed by atoms with Gasteiger partial charge >= 0.3 is 0 Å². The molecule has 0 saturated heterocycles. The molecule has 0 saturated carbocycles. The van der Waals surface area contributed by atoms with Gasteiger partial charge in [0.25, 0.3) is 0 Å². The molecule has 4 nitrogen and oxygen atoms in total. The molecule has 2 aromatic heterocycles. The van der Waals surface area contributed by atoms with Crippen molar-refractivity contribution in [2.24, 2.45) is 0 Å². The average Bonchev–Trinajstić information content (AvgIpc) is 2.73. The van der Waals surface area contributed by atoms with Crippen LogP contribution in [0.25, 0.3) is 22.2 Å². The van der Waals surface area contributed by atoms with E-state index in [4.69, 9.17) is 4.98 Å². The third-order valence-electron chi connectivity index (χ3n) is 4.97. The van der Waals surface area contributed by atoms with Crippen LogP contribution in [-0.2, 0) is 13.0 Å². The van der Waals surface area contributed by atoms with Gasteiger partial charge in [-0.2, -0.15) is 0 Å². The molecule has 2 aromatic carbocycles. The fraction of sp³-hybridized carbons (Fsp3) is 0.136. The summed E-state index contributed by atoms with van der Waals surface area (Å²) in [6.07, 6.45) is 4.78. The van der Waals surface area contributed by atoms with Crippen LogP contribution in [-0.4, -0.2) is 21.5 Å². The van der Waals surface area contributed by atoms with Crippen LogP contribution < -0.4 is 4.90 Å². The second kappa shape index (κ2) is 6.23. The molecule has 0 N–H and O–H groups in total. The fourth-order valence-corrected chi connectivity index (χ4v) is 3.61. The van der Waals surface area contributed by atoms with Gasteiger partial charge in [0.15, 0.2) is 0 Å². The number of hydrogen-bond donors (Lipinski definition) is 0. The Hall–Kier alpha value is -3.27. The van der Waals surface area contributed by atoms with E-state index in [2.05, 4.69) is 45.2 Å². The maximum absolute atomic E-state index is 4.85. The Morgan fingerprint density at radius 3 is 2.58 bits per heavy atom. The molecular formula is C22H18N4. The first kappa shape index (κ1) is 15.0. The third-order valence-corrected chi connectivity index (χ3v) is 4.97. The van der Waals surface area contributed by atoms with Crippen LogP contribution in [0, 0.1) is 0 Å². The lowest BCUT2D eigenvalue weighted by Gasteiger charge is -2.28. The Morgan fingerprint density at radius 2 is 1.69 bits per heavy atom. The first-order chi connectivity index (χ1) is 12.9. The van der Waals surface area contributed by atoms with Gasteiger partial charge in [0.2, 0.25) is 5.95 Å². The standard InChI is InChI=1S/C22H18N4/c1-2-7-17-15-26(13-11-16(17)6-1)22-24-14-19-18(8-5-10-21(19)25-22)20-9-3-4-12-23-20/h1-10,12,14H,11,13,15H2. The smallest absolute Gasteiger partial charge is 0.226 e. The van der Waals surface area contributed by atoms with Gasteiger partial charge in [0.05, 0.1) is 11.2 Å². The van der Waals surface area contributed by atoms with Crippen molar-refractivity contribution in [2.45, 2.75) is 13.0 Å². The molecular weight excluding hydrogens is 320 g/mol. The number of anilines is 1. The number of pyridine rings is 1. The molecule has 0 aliphatic carbocycles. The lowest BCUT2D eigenvalue weighted by atomic mass is 10.0. The van der Waals surface area contributed by atoms with Gasteiger partial charge in [0.1, 0.15) is 0 Å². The third kappa shape index (κ3) is 2.60. The molecule has 0 atom stereocenters. The normalized spacial score (nSPS) is 13.6.